The number of aryl methyl sites for hydroxylation is 1. The van der Waals surface area contributed by atoms with Gasteiger partial charge < -0.3 is 5.32 Å². The summed E-state index contributed by atoms with van der Waals surface area (Å²) in [5.74, 6) is -1.17. The zero-order valence-electron chi connectivity index (χ0n) is 21.2. The molecule has 196 valence electrons. The van der Waals surface area contributed by atoms with Gasteiger partial charge in [-0.2, -0.15) is 0 Å². The standard InChI is InChI=1S/C31H21FN4O3S/c1-18-13-15-19(16-14-18)36-30(22-9-4-5-11-24(22)32)34-35-31(36)40-17-26(37)33-25-12-6-10-23-27(25)29(39)21-8-3-2-7-20(21)28(23)38/h2-16H,17H2,1H3,(H,33,37). The Balaban J connectivity index is 1.28. The Kier molecular flexibility index (Phi) is 6.57. The molecule has 0 radical (unpaired) electrons. The molecule has 0 aliphatic heterocycles. The van der Waals surface area contributed by atoms with Gasteiger partial charge in [-0.15, -0.1) is 10.2 Å². The summed E-state index contributed by atoms with van der Waals surface area (Å²) in [5.41, 5.74) is 3.41. The van der Waals surface area contributed by atoms with Crippen molar-refractivity contribution in [2.24, 2.45) is 0 Å². The van der Waals surface area contributed by atoms with Crippen molar-refractivity contribution < 1.29 is 18.8 Å². The van der Waals surface area contributed by atoms with E-state index in [4.69, 9.17) is 0 Å². The Hall–Kier alpha value is -4.89. The summed E-state index contributed by atoms with van der Waals surface area (Å²) in [6.07, 6.45) is 0. The molecule has 1 heterocycles. The van der Waals surface area contributed by atoms with E-state index in [1.165, 1.54) is 6.07 Å². The Bertz CT molecular complexity index is 1810. The maximum absolute atomic E-state index is 14.7. The van der Waals surface area contributed by atoms with Gasteiger partial charge in [-0.25, -0.2) is 4.39 Å². The highest BCUT2D eigenvalue weighted by Crippen LogP contribution is 2.33. The van der Waals surface area contributed by atoms with E-state index in [0.29, 0.717) is 22.1 Å². The predicted molar refractivity (Wildman–Crippen MR) is 151 cm³/mol. The topological polar surface area (TPSA) is 94.0 Å². The van der Waals surface area contributed by atoms with E-state index in [9.17, 15) is 18.8 Å². The van der Waals surface area contributed by atoms with Crippen LogP contribution in [-0.4, -0.2) is 38.0 Å². The van der Waals surface area contributed by atoms with Crippen molar-refractivity contribution >= 4 is 34.9 Å². The molecule has 1 aliphatic rings. The third kappa shape index (κ3) is 4.50. The first-order valence-corrected chi connectivity index (χ1v) is 13.4. The lowest BCUT2D eigenvalue weighted by molar-refractivity contribution is -0.113. The van der Waals surface area contributed by atoms with Gasteiger partial charge in [0.05, 0.1) is 22.6 Å². The van der Waals surface area contributed by atoms with Gasteiger partial charge in [-0.05, 0) is 37.3 Å². The van der Waals surface area contributed by atoms with Crippen LogP contribution in [-0.2, 0) is 4.79 Å². The molecule has 4 aromatic carbocycles. The smallest absolute Gasteiger partial charge is 0.234 e. The molecule has 7 nitrogen and oxygen atoms in total. The molecule has 0 spiro atoms. The second-order valence-corrected chi connectivity index (χ2v) is 10.2. The number of hydrogen-bond acceptors (Lipinski definition) is 6. The summed E-state index contributed by atoms with van der Waals surface area (Å²) in [5, 5.41) is 11.7. The third-order valence-corrected chi connectivity index (χ3v) is 7.53. The van der Waals surface area contributed by atoms with Crippen molar-refractivity contribution in [2.75, 3.05) is 11.1 Å². The summed E-state index contributed by atoms with van der Waals surface area (Å²) in [6, 6.07) is 25.4. The Morgan fingerprint density at radius 2 is 1.45 bits per heavy atom. The van der Waals surface area contributed by atoms with E-state index in [0.717, 1.165) is 23.0 Å². The zero-order chi connectivity index (χ0) is 27.8. The first-order chi connectivity index (χ1) is 19.4. The Morgan fingerprint density at radius 1 is 0.800 bits per heavy atom. The molecule has 5 aromatic rings. The number of nitrogens with one attached hydrogen (secondary N) is 1. The Labute approximate surface area is 233 Å². The van der Waals surface area contributed by atoms with Crippen molar-refractivity contribution in [3.05, 3.63) is 125 Å². The minimum Gasteiger partial charge on any atom is -0.325 e. The number of fused-ring (bicyclic) bond motifs is 2. The fourth-order valence-corrected chi connectivity index (χ4v) is 5.42. The quantitative estimate of drug-likeness (QED) is 0.261. The molecule has 9 heteroatoms. The third-order valence-electron chi connectivity index (χ3n) is 6.60. The van der Waals surface area contributed by atoms with Gasteiger partial charge in [0.1, 0.15) is 5.82 Å². The number of rotatable bonds is 6. The maximum Gasteiger partial charge on any atom is 0.234 e. The van der Waals surface area contributed by atoms with E-state index in [1.807, 2.05) is 31.2 Å². The van der Waals surface area contributed by atoms with E-state index >= 15 is 0 Å². The van der Waals surface area contributed by atoms with Gasteiger partial charge in [0.15, 0.2) is 22.5 Å². The van der Waals surface area contributed by atoms with Gasteiger partial charge in [0.25, 0.3) is 0 Å². The molecule has 40 heavy (non-hydrogen) atoms. The number of anilines is 1. The van der Waals surface area contributed by atoms with Crippen LogP contribution in [0.1, 0.15) is 37.4 Å². The highest BCUT2D eigenvalue weighted by atomic mass is 32.2. The van der Waals surface area contributed by atoms with Gasteiger partial charge >= 0.3 is 0 Å². The number of hydrogen-bond donors (Lipinski definition) is 1. The lowest BCUT2D eigenvalue weighted by Crippen LogP contribution is -2.24. The molecular weight excluding hydrogens is 527 g/mol. The molecule has 1 aromatic heterocycles. The minimum absolute atomic E-state index is 0.0658. The van der Waals surface area contributed by atoms with E-state index < -0.39 is 11.7 Å². The molecule has 0 fully saturated rings. The number of nitrogens with zero attached hydrogens (tertiary/aromatic N) is 3. The number of thioether (sulfide) groups is 1. The van der Waals surface area contributed by atoms with Crippen LogP contribution in [0.4, 0.5) is 10.1 Å². The van der Waals surface area contributed by atoms with Crippen molar-refractivity contribution in [3.8, 4) is 17.1 Å². The SMILES string of the molecule is Cc1ccc(-n2c(SCC(=O)Nc3cccc4c3C(=O)c3ccccc3C4=O)nnc2-c2ccccc2F)cc1. The van der Waals surface area contributed by atoms with Crippen molar-refractivity contribution in [3.63, 3.8) is 0 Å². The summed E-state index contributed by atoms with van der Waals surface area (Å²) < 4.78 is 16.4. The van der Waals surface area contributed by atoms with E-state index in [1.54, 1.807) is 65.2 Å². The highest BCUT2D eigenvalue weighted by molar-refractivity contribution is 7.99. The van der Waals surface area contributed by atoms with Crippen LogP contribution >= 0.6 is 11.8 Å². The van der Waals surface area contributed by atoms with Gasteiger partial charge in [0.2, 0.25) is 5.91 Å². The zero-order valence-corrected chi connectivity index (χ0v) is 22.0. The number of aromatic nitrogens is 3. The first-order valence-electron chi connectivity index (χ1n) is 12.4. The number of ketones is 2. The molecular formula is C31H21FN4O3S. The lowest BCUT2D eigenvalue weighted by atomic mass is 9.83. The van der Waals surface area contributed by atoms with Crippen molar-refractivity contribution in [1.29, 1.82) is 0 Å². The van der Waals surface area contributed by atoms with Gasteiger partial charge in [0, 0.05) is 22.4 Å². The van der Waals surface area contributed by atoms with Gasteiger partial charge in [-0.3, -0.25) is 19.0 Å². The number of carbonyl (C=O) groups excluding carboxylic acids is 3. The average Bonchev–Trinajstić information content (AvgIpc) is 3.39. The molecule has 0 saturated carbocycles. The summed E-state index contributed by atoms with van der Waals surface area (Å²) >= 11 is 1.13. The number of amides is 1. The normalized spacial score (nSPS) is 12.2. The predicted octanol–water partition coefficient (Wildman–Crippen LogP) is 5.89. The van der Waals surface area contributed by atoms with Crippen LogP contribution in [0.2, 0.25) is 0 Å². The van der Waals surface area contributed by atoms with Crippen LogP contribution in [0.15, 0.2) is 96.2 Å². The van der Waals surface area contributed by atoms with Crippen molar-refractivity contribution in [2.45, 2.75) is 12.1 Å². The first kappa shape index (κ1) is 25.4. The molecule has 0 saturated heterocycles. The van der Waals surface area contributed by atoms with Crippen LogP contribution in [0.3, 0.4) is 0 Å². The van der Waals surface area contributed by atoms with Gasteiger partial charge in [-0.1, -0.05) is 78.0 Å². The summed E-state index contributed by atoms with van der Waals surface area (Å²) in [4.78, 5) is 39.4. The fourth-order valence-electron chi connectivity index (χ4n) is 4.67. The lowest BCUT2D eigenvalue weighted by Gasteiger charge is -2.20. The largest absolute Gasteiger partial charge is 0.325 e. The second kappa shape index (κ2) is 10.3. The van der Waals surface area contributed by atoms with Crippen LogP contribution < -0.4 is 5.32 Å². The van der Waals surface area contributed by atoms with Crippen LogP contribution in [0.25, 0.3) is 17.1 Å². The second-order valence-electron chi connectivity index (χ2n) is 9.23. The van der Waals surface area contributed by atoms with Crippen LogP contribution in [0, 0.1) is 12.7 Å². The number of halogens is 1. The average molecular weight is 549 g/mol. The maximum atomic E-state index is 14.7. The number of carbonyl (C=O) groups is 3. The van der Waals surface area contributed by atoms with Crippen LogP contribution in [0.5, 0.6) is 0 Å². The molecule has 0 unspecified atom stereocenters. The molecule has 6 rings (SSSR count). The highest BCUT2D eigenvalue weighted by Gasteiger charge is 2.31. The monoisotopic (exact) mass is 548 g/mol. The molecule has 0 bridgehead atoms. The molecule has 0 atom stereocenters. The summed E-state index contributed by atoms with van der Waals surface area (Å²) in [7, 11) is 0. The molecule has 1 N–H and O–H groups in total. The molecule has 1 aliphatic carbocycles. The van der Waals surface area contributed by atoms with Crippen molar-refractivity contribution in [1.82, 2.24) is 14.8 Å². The van der Waals surface area contributed by atoms with E-state index in [2.05, 4.69) is 15.5 Å². The fraction of sp³-hybridized carbons (Fsp3) is 0.0645. The summed E-state index contributed by atoms with van der Waals surface area (Å²) in [6.45, 7) is 1.97. The number of benzene rings is 4. The molecule has 1 amide bonds. The van der Waals surface area contributed by atoms with E-state index in [-0.39, 0.29) is 39.7 Å². The minimum atomic E-state index is -0.438. The Morgan fingerprint density at radius 3 is 2.17 bits per heavy atom.